The van der Waals surface area contributed by atoms with Crippen molar-refractivity contribution in [1.29, 1.82) is 0 Å². The van der Waals surface area contributed by atoms with Gasteiger partial charge in [0, 0.05) is 11.6 Å². The quantitative estimate of drug-likeness (QED) is 0.894. The molecule has 2 aromatic carbocycles. The van der Waals surface area contributed by atoms with Gasteiger partial charge in [-0.25, -0.2) is 4.39 Å². The van der Waals surface area contributed by atoms with Gasteiger partial charge in [-0.15, -0.1) is 0 Å². The summed E-state index contributed by atoms with van der Waals surface area (Å²) in [4.78, 5) is 0. The third-order valence-corrected chi connectivity index (χ3v) is 3.19. The van der Waals surface area contributed by atoms with Crippen molar-refractivity contribution in [3.63, 3.8) is 0 Å². The lowest BCUT2D eigenvalue weighted by Gasteiger charge is -2.15. The van der Waals surface area contributed by atoms with Gasteiger partial charge in [0.1, 0.15) is 5.75 Å². The van der Waals surface area contributed by atoms with Crippen molar-refractivity contribution in [2.75, 3.05) is 0 Å². The van der Waals surface area contributed by atoms with Gasteiger partial charge in [0.15, 0.2) is 11.6 Å². The van der Waals surface area contributed by atoms with Crippen molar-refractivity contribution in [3.05, 3.63) is 58.9 Å². The van der Waals surface area contributed by atoms with Crippen LogP contribution in [0.1, 0.15) is 29.7 Å². The first-order chi connectivity index (χ1) is 8.99. The first kappa shape index (κ1) is 13.6. The Morgan fingerprint density at radius 2 is 1.84 bits per heavy atom. The van der Waals surface area contributed by atoms with Gasteiger partial charge >= 0.3 is 0 Å². The molecule has 0 bridgehead atoms. The first-order valence-electron chi connectivity index (χ1n) is 6.28. The Morgan fingerprint density at radius 3 is 2.47 bits per heavy atom. The highest BCUT2D eigenvalue weighted by molar-refractivity contribution is 5.42. The number of aryl methyl sites for hydroxylation is 2. The highest BCUT2D eigenvalue weighted by Gasteiger charge is 2.14. The number of nitrogens with two attached hydrogens (primary N) is 1. The van der Waals surface area contributed by atoms with E-state index in [0.717, 1.165) is 5.56 Å². The fraction of sp³-hybridized carbons (Fsp3) is 0.250. The Bertz CT molecular complexity index is 593. The molecular weight excluding hydrogens is 241 g/mol. The van der Waals surface area contributed by atoms with Crippen LogP contribution in [0, 0.1) is 19.7 Å². The lowest BCUT2D eigenvalue weighted by atomic mass is 10.1. The fourth-order valence-electron chi connectivity index (χ4n) is 1.89. The third kappa shape index (κ3) is 2.93. The molecule has 0 spiro atoms. The van der Waals surface area contributed by atoms with Crippen LogP contribution in [0.2, 0.25) is 0 Å². The SMILES string of the molecule is Cc1ccc(Oc2c(F)cccc2[C@@H](C)N)cc1C. The van der Waals surface area contributed by atoms with E-state index in [-0.39, 0.29) is 11.8 Å². The second-order valence-corrected chi connectivity index (χ2v) is 4.79. The normalized spacial score (nSPS) is 12.3. The monoisotopic (exact) mass is 259 g/mol. The van der Waals surface area contributed by atoms with E-state index >= 15 is 0 Å². The Hall–Kier alpha value is -1.87. The summed E-state index contributed by atoms with van der Waals surface area (Å²) in [5.41, 5.74) is 8.79. The van der Waals surface area contributed by atoms with Gasteiger partial charge in [0.25, 0.3) is 0 Å². The van der Waals surface area contributed by atoms with E-state index in [9.17, 15) is 4.39 Å². The number of hydrogen-bond donors (Lipinski definition) is 1. The number of para-hydroxylation sites is 1. The molecule has 0 saturated heterocycles. The molecule has 0 fully saturated rings. The summed E-state index contributed by atoms with van der Waals surface area (Å²) >= 11 is 0. The van der Waals surface area contributed by atoms with Crippen molar-refractivity contribution in [3.8, 4) is 11.5 Å². The molecule has 2 nitrogen and oxygen atoms in total. The van der Waals surface area contributed by atoms with Gasteiger partial charge in [-0.1, -0.05) is 18.2 Å². The zero-order valence-electron chi connectivity index (χ0n) is 11.4. The summed E-state index contributed by atoms with van der Waals surface area (Å²) in [6.45, 7) is 5.83. The first-order valence-corrected chi connectivity index (χ1v) is 6.28. The zero-order chi connectivity index (χ0) is 14.0. The minimum atomic E-state index is -0.395. The van der Waals surface area contributed by atoms with Crippen LogP contribution in [0.3, 0.4) is 0 Å². The van der Waals surface area contributed by atoms with Crippen LogP contribution >= 0.6 is 0 Å². The van der Waals surface area contributed by atoms with Gasteiger partial charge in [-0.2, -0.15) is 0 Å². The molecule has 2 aromatic rings. The largest absolute Gasteiger partial charge is 0.454 e. The Kier molecular flexibility index (Phi) is 3.86. The predicted octanol–water partition coefficient (Wildman–Crippen LogP) is 4.25. The van der Waals surface area contributed by atoms with Crippen molar-refractivity contribution in [1.82, 2.24) is 0 Å². The second kappa shape index (κ2) is 5.41. The van der Waals surface area contributed by atoms with E-state index in [1.54, 1.807) is 12.1 Å². The van der Waals surface area contributed by atoms with Crippen LogP contribution in [0.15, 0.2) is 36.4 Å². The lowest BCUT2D eigenvalue weighted by molar-refractivity contribution is 0.432. The molecule has 0 aromatic heterocycles. The molecule has 0 aliphatic heterocycles. The topological polar surface area (TPSA) is 35.2 Å². The molecule has 1 atom stereocenters. The molecule has 0 radical (unpaired) electrons. The highest BCUT2D eigenvalue weighted by atomic mass is 19.1. The highest BCUT2D eigenvalue weighted by Crippen LogP contribution is 2.32. The summed E-state index contributed by atoms with van der Waals surface area (Å²) in [6.07, 6.45) is 0. The smallest absolute Gasteiger partial charge is 0.167 e. The third-order valence-electron chi connectivity index (χ3n) is 3.19. The Balaban J connectivity index is 2.40. The number of halogens is 1. The number of rotatable bonds is 3. The average molecular weight is 259 g/mol. The van der Waals surface area contributed by atoms with Crippen LogP contribution in [-0.4, -0.2) is 0 Å². The van der Waals surface area contributed by atoms with E-state index in [1.165, 1.54) is 11.6 Å². The van der Waals surface area contributed by atoms with E-state index in [2.05, 4.69) is 0 Å². The minimum absolute atomic E-state index is 0.209. The van der Waals surface area contributed by atoms with E-state index in [4.69, 9.17) is 10.5 Å². The summed E-state index contributed by atoms with van der Waals surface area (Å²) in [5, 5.41) is 0. The minimum Gasteiger partial charge on any atom is -0.454 e. The van der Waals surface area contributed by atoms with E-state index in [1.807, 2.05) is 39.0 Å². The number of benzene rings is 2. The van der Waals surface area contributed by atoms with Gasteiger partial charge < -0.3 is 10.5 Å². The van der Waals surface area contributed by atoms with Gasteiger partial charge in [0.2, 0.25) is 0 Å². The van der Waals surface area contributed by atoms with Crippen molar-refractivity contribution >= 4 is 0 Å². The van der Waals surface area contributed by atoms with Crippen LogP contribution in [0.5, 0.6) is 11.5 Å². The molecule has 100 valence electrons. The lowest BCUT2D eigenvalue weighted by Crippen LogP contribution is -2.07. The summed E-state index contributed by atoms with van der Waals surface area (Å²) in [5.74, 6) is 0.434. The van der Waals surface area contributed by atoms with Crippen molar-refractivity contribution in [2.24, 2.45) is 5.73 Å². The zero-order valence-corrected chi connectivity index (χ0v) is 11.4. The van der Waals surface area contributed by atoms with Crippen LogP contribution in [0.4, 0.5) is 4.39 Å². The second-order valence-electron chi connectivity index (χ2n) is 4.79. The van der Waals surface area contributed by atoms with Gasteiger partial charge in [-0.05, 0) is 50.1 Å². The number of hydrogen-bond acceptors (Lipinski definition) is 2. The van der Waals surface area contributed by atoms with Crippen molar-refractivity contribution < 1.29 is 9.13 Å². The maximum Gasteiger partial charge on any atom is 0.167 e. The standard InChI is InChI=1S/C16H18FNO/c1-10-7-8-13(9-11(10)2)19-16-14(12(3)18)5-4-6-15(16)17/h4-9,12H,18H2,1-3H3/t12-/m1/s1. The number of ether oxygens (including phenoxy) is 1. The average Bonchev–Trinajstić information content (AvgIpc) is 2.36. The van der Waals surface area contributed by atoms with Crippen LogP contribution in [-0.2, 0) is 0 Å². The molecule has 3 heteroatoms. The fourth-order valence-corrected chi connectivity index (χ4v) is 1.89. The summed E-state index contributed by atoms with van der Waals surface area (Å²) in [7, 11) is 0. The maximum absolute atomic E-state index is 13.9. The van der Waals surface area contributed by atoms with E-state index < -0.39 is 5.82 Å². The molecule has 0 aliphatic carbocycles. The molecule has 19 heavy (non-hydrogen) atoms. The molecule has 0 aliphatic rings. The molecule has 0 unspecified atom stereocenters. The maximum atomic E-state index is 13.9. The Labute approximate surface area is 113 Å². The van der Waals surface area contributed by atoms with Crippen LogP contribution < -0.4 is 10.5 Å². The molecular formula is C16H18FNO. The van der Waals surface area contributed by atoms with Crippen molar-refractivity contribution in [2.45, 2.75) is 26.8 Å². The van der Waals surface area contributed by atoms with Gasteiger partial charge in [0.05, 0.1) is 0 Å². The molecule has 0 amide bonds. The Morgan fingerprint density at radius 1 is 1.11 bits per heavy atom. The molecule has 0 heterocycles. The predicted molar refractivity (Wildman–Crippen MR) is 75.0 cm³/mol. The van der Waals surface area contributed by atoms with E-state index in [0.29, 0.717) is 11.3 Å². The molecule has 2 rings (SSSR count). The van der Waals surface area contributed by atoms with Gasteiger partial charge in [-0.3, -0.25) is 0 Å². The summed E-state index contributed by atoms with van der Waals surface area (Å²) < 4.78 is 19.6. The molecule has 0 saturated carbocycles. The molecule has 2 N–H and O–H groups in total. The van der Waals surface area contributed by atoms with Crippen LogP contribution in [0.25, 0.3) is 0 Å². The summed E-state index contributed by atoms with van der Waals surface area (Å²) in [6, 6.07) is 10.2.